The van der Waals surface area contributed by atoms with Gasteiger partial charge >= 0.3 is 5.97 Å². The molecule has 0 saturated heterocycles. The molecule has 21 heavy (non-hydrogen) atoms. The molecule has 0 saturated carbocycles. The maximum atomic E-state index is 12.1. The van der Waals surface area contributed by atoms with Crippen molar-refractivity contribution in [2.45, 2.75) is 18.8 Å². The van der Waals surface area contributed by atoms with Crippen LogP contribution in [0.25, 0.3) is 0 Å². The number of esters is 1. The number of carbonyl (C=O) groups excluding carboxylic acids is 2. The Kier molecular flexibility index (Phi) is 3.64. The average molecular weight is 282 g/mol. The molecular weight excluding hydrogens is 268 g/mol. The number of benzene rings is 1. The van der Waals surface area contributed by atoms with E-state index in [-0.39, 0.29) is 30.6 Å². The van der Waals surface area contributed by atoms with Gasteiger partial charge in [0.05, 0.1) is 6.42 Å². The number of aromatic nitrogens is 1. The lowest BCUT2D eigenvalue weighted by Gasteiger charge is -2.23. The van der Waals surface area contributed by atoms with E-state index in [1.54, 1.807) is 30.5 Å². The standard InChI is InChI=1S/C16H14N2O3/c19-15(18-14-7-3-4-8-17-14)9-11-10-16(20)21-13-6-2-1-5-12(11)13/h1-8,11H,9-10H2,(H,17,18,19). The zero-order chi connectivity index (χ0) is 14.7. The van der Waals surface area contributed by atoms with E-state index in [9.17, 15) is 9.59 Å². The summed E-state index contributed by atoms with van der Waals surface area (Å²) in [5.41, 5.74) is 0.897. The third-order valence-corrected chi connectivity index (χ3v) is 3.36. The summed E-state index contributed by atoms with van der Waals surface area (Å²) in [7, 11) is 0. The van der Waals surface area contributed by atoms with Crippen LogP contribution >= 0.6 is 0 Å². The zero-order valence-corrected chi connectivity index (χ0v) is 11.3. The number of para-hydroxylation sites is 1. The molecule has 2 aromatic rings. The number of ether oxygens (including phenoxy) is 1. The first-order valence-corrected chi connectivity index (χ1v) is 6.73. The van der Waals surface area contributed by atoms with Crippen LogP contribution in [0.2, 0.25) is 0 Å². The van der Waals surface area contributed by atoms with Crippen LogP contribution in [-0.4, -0.2) is 16.9 Å². The molecule has 2 heterocycles. The molecule has 106 valence electrons. The van der Waals surface area contributed by atoms with E-state index in [1.165, 1.54) is 0 Å². The highest BCUT2D eigenvalue weighted by atomic mass is 16.5. The second-order valence-electron chi connectivity index (χ2n) is 4.88. The van der Waals surface area contributed by atoms with Gasteiger partial charge in [-0.2, -0.15) is 0 Å². The van der Waals surface area contributed by atoms with Gasteiger partial charge in [-0.3, -0.25) is 9.59 Å². The lowest BCUT2D eigenvalue weighted by molar-refractivity contribution is -0.136. The summed E-state index contributed by atoms with van der Waals surface area (Å²) < 4.78 is 5.18. The minimum absolute atomic E-state index is 0.161. The van der Waals surface area contributed by atoms with Crippen LogP contribution in [0.5, 0.6) is 5.75 Å². The molecule has 0 spiro atoms. The van der Waals surface area contributed by atoms with E-state index in [1.807, 2.05) is 18.2 Å². The summed E-state index contributed by atoms with van der Waals surface area (Å²) in [6.07, 6.45) is 2.05. The van der Waals surface area contributed by atoms with E-state index in [2.05, 4.69) is 10.3 Å². The molecule has 3 rings (SSSR count). The van der Waals surface area contributed by atoms with Gasteiger partial charge in [-0.25, -0.2) is 4.98 Å². The number of carbonyl (C=O) groups is 2. The third kappa shape index (κ3) is 3.08. The molecule has 1 aromatic heterocycles. The second kappa shape index (κ2) is 5.75. The summed E-state index contributed by atoms with van der Waals surface area (Å²) in [5.74, 6) is 0.428. The van der Waals surface area contributed by atoms with Gasteiger partial charge in [0, 0.05) is 18.5 Å². The Morgan fingerprint density at radius 2 is 2.05 bits per heavy atom. The summed E-state index contributed by atoms with van der Waals surface area (Å²) >= 11 is 0. The van der Waals surface area contributed by atoms with Gasteiger partial charge in [-0.15, -0.1) is 0 Å². The molecule has 1 aliphatic heterocycles. The predicted octanol–water partition coefficient (Wildman–Crippen LogP) is 2.50. The summed E-state index contributed by atoms with van der Waals surface area (Å²) in [5, 5.41) is 2.73. The first-order valence-electron chi connectivity index (χ1n) is 6.73. The van der Waals surface area contributed by atoms with Crippen molar-refractivity contribution >= 4 is 17.7 Å². The van der Waals surface area contributed by atoms with E-state index >= 15 is 0 Å². The number of nitrogens with one attached hydrogen (secondary N) is 1. The number of rotatable bonds is 3. The smallest absolute Gasteiger partial charge is 0.311 e. The van der Waals surface area contributed by atoms with Crippen LogP contribution in [0.4, 0.5) is 5.82 Å². The average Bonchev–Trinajstić information content (AvgIpc) is 2.48. The molecule has 0 bridgehead atoms. The van der Waals surface area contributed by atoms with Crippen LogP contribution in [0.3, 0.4) is 0 Å². The Balaban J connectivity index is 1.73. The van der Waals surface area contributed by atoms with Crippen molar-refractivity contribution in [1.82, 2.24) is 4.98 Å². The third-order valence-electron chi connectivity index (χ3n) is 3.36. The summed E-state index contributed by atoms with van der Waals surface area (Å²) in [6, 6.07) is 12.6. The van der Waals surface area contributed by atoms with Gasteiger partial charge in [0.1, 0.15) is 11.6 Å². The molecule has 0 radical (unpaired) electrons. The maximum Gasteiger partial charge on any atom is 0.311 e. The minimum atomic E-state index is -0.302. The van der Waals surface area contributed by atoms with Crippen molar-refractivity contribution in [3.05, 3.63) is 54.2 Å². The van der Waals surface area contributed by atoms with Crippen molar-refractivity contribution in [1.29, 1.82) is 0 Å². The topological polar surface area (TPSA) is 68.3 Å². The highest BCUT2D eigenvalue weighted by Gasteiger charge is 2.28. The van der Waals surface area contributed by atoms with Crippen LogP contribution < -0.4 is 10.1 Å². The van der Waals surface area contributed by atoms with Crippen molar-refractivity contribution in [3.8, 4) is 5.75 Å². The highest BCUT2D eigenvalue weighted by Crippen LogP contribution is 2.36. The van der Waals surface area contributed by atoms with Crippen molar-refractivity contribution in [2.75, 3.05) is 5.32 Å². The summed E-state index contributed by atoms with van der Waals surface area (Å²) in [6.45, 7) is 0. The quantitative estimate of drug-likeness (QED) is 0.693. The molecule has 5 heteroatoms. The monoisotopic (exact) mass is 282 g/mol. The molecule has 1 amide bonds. The molecule has 5 nitrogen and oxygen atoms in total. The molecule has 1 aromatic carbocycles. The normalized spacial score (nSPS) is 16.8. The Labute approximate surface area is 122 Å². The van der Waals surface area contributed by atoms with Crippen molar-refractivity contribution in [2.24, 2.45) is 0 Å². The second-order valence-corrected chi connectivity index (χ2v) is 4.88. The van der Waals surface area contributed by atoms with Gasteiger partial charge in [0.2, 0.25) is 5.91 Å². The number of amides is 1. The van der Waals surface area contributed by atoms with E-state index < -0.39 is 0 Å². The Hall–Kier alpha value is -2.69. The fourth-order valence-corrected chi connectivity index (χ4v) is 2.42. The predicted molar refractivity (Wildman–Crippen MR) is 76.9 cm³/mol. The van der Waals surface area contributed by atoms with Crippen LogP contribution in [-0.2, 0) is 9.59 Å². The van der Waals surface area contributed by atoms with Gasteiger partial charge in [-0.05, 0) is 23.8 Å². The Morgan fingerprint density at radius 3 is 2.86 bits per heavy atom. The van der Waals surface area contributed by atoms with Crippen molar-refractivity contribution < 1.29 is 14.3 Å². The molecule has 0 fully saturated rings. The van der Waals surface area contributed by atoms with Gasteiger partial charge in [0.15, 0.2) is 0 Å². The molecule has 1 unspecified atom stereocenters. The number of hydrogen-bond acceptors (Lipinski definition) is 4. The number of hydrogen-bond donors (Lipinski definition) is 1. The van der Waals surface area contributed by atoms with Gasteiger partial charge < -0.3 is 10.1 Å². The largest absolute Gasteiger partial charge is 0.426 e. The molecule has 1 atom stereocenters. The minimum Gasteiger partial charge on any atom is -0.426 e. The highest BCUT2D eigenvalue weighted by molar-refractivity contribution is 5.91. The van der Waals surface area contributed by atoms with E-state index in [4.69, 9.17) is 4.74 Å². The lowest BCUT2D eigenvalue weighted by atomic mass is 9.90. The number of anilines is 1. The van der Waals surface area contributed by atoms with Crippen LogP contribution in [0, 0.1) is 0 Å². The number of nitrogens with zero attached hydrogens (tertiary/aromatic N) is 1. The fourth-order valence-electron chi connectivity index (χ4n) is 2.42. The zero-order valence-electron chi connectivity index (χ0n) is 11.3. The Morgan fingerprint density at radius 1 is 1.24 bits per heavy atom. The number of fused-ring (bicyclic) bond motifs is 1. The van der Waals surface area contributed by atoms with E-state index in [0.29, 0.717) is 11.6 Å². The first-order chi connectivity index (χ1) is 10.2. The van der Waals surface area contributed by atoms with Gasteiger partial charge in [0.25, 0.3) is 0 Å². The fraction of sp³-hybridized carbons (Fsp3) is 0.188. The van der Waals surface area contributed by atoms with Crippen molar-refractivity contribution in [3.63, 3.8) is 0 Å². The van der Waals surface area contributed by atoms with Crippen LogP contribution in [0.1, 0.15) is 24.3 Å². The summed E-state index contributed by atoms with van der Waals surface area (Å²) in [4.78, 5) is 27.8. The maximum absolute atomic E-state index is 12.1. The molecule has 1 aliphatic rings. The first kappa shape index (κ1) is 13.3. The van der Waals surface area contributed by atoms with Crippen LogP contribution in [0.15, 0.2) is 48.7 Å². The lowest BCUT2D eigenvalue weighted by Crippen LogP contribution is -2.24. The molecule has 0 aliphatic carbocycles. The van der Waals surface area contributed by atoms with E-state index in [0.717, 1.165) is 5.56 Å². The Bertz CT molecular complexity index is 670. The SMILES string of the molecule is O=C(CC1CC(=O)Oc2ccccc21)Nc1ccccn1. The number of pyridine rings is 1. The molecule has 1 N–H and O–H groups in total. The molecular formula is C16H14N2O3. The van der Waals surface area contributed by atoms with Gasteiger partial charge in [-0.1, -0.05) is 24.3 Å².